The number of hydrogen-bond donors (Lipinski definition) is 0. The summed E-state index contributed by atoms with van der Waals surface area (Å²) in [6, 6.07) is 9.97. The molecule has 0 unspecified atom stereocenters. The average molecular weight is 535 g/mol. The van der Waals surface area contributed by atoms with Gasteiger partial charge in [-0.15, -0.1) is 0 Å². The number of hydrogen-bond acceptors (Lipinski definition) is 0. The van der Waals surface area contributed by atoms with E-state index in [9.17, 15) is 0 Å². The minimum atomic E-state index is 0.835. The highest BCUT2D eigenvalue weighted by atomic mass is 14.4. The van der Waals surface area contributed by atoms with Crippen LogP contribution in [-0.2, 0) is 6.42 Å². The summed E-state index contributed by atoms with van der Waals surface area (Å²) in [5, 5.41) is 0. The Morgan fingerprint density at radius 2 is 0.897 bits per heavy atom. The lowest BCUT2D eigenvalue weighted by atomic mass is 9.68. The molecule has 3 saturated carbocycles. The van der Waals surface area contributed by atoms with E-state index in [1.807, 2.05) is 0 Å². The van der Waals surface area contributed by atoms with Crippen LogP contribution in [0.4, 0.5) is 0 Å². The third kappa shape index (κ3) is 10.9. The quantitative estimate of drug-likeness (QED) is 0.185. The Kier molecular flexibility index (Phi) is 14.3. The molecule has 0 heterocycles. The topological polar surface area (TPSA) is 0 Å². The van der Waals surface area contributed by atoms with Crippen molar-refractivity contribution in [2.24, 2.45) is 29.6 Å². The molecule has 39 heavy (non-hydrogen) atoms. The second-order valence-corrected chi connectivity index (χ2v) is 14.6. The van der Waals surface area contributed by atoms with Gasteiger partial charge in [0, 0.05) is 0 Å². The summed E-state index contributed by atoms with van der Waals surface area (Å²) in [5.41, 5.74) is 3.23. The molecule has 0 saturated heterocycles. The third-order valence-corrected chi connectivity index (χ3v) is 11.8. The van der Waals surface area contributed by atoms with Gasteiger partial charge >= 0.3 is 0 Å². The molecule has 0 spiro atoms. The van der Waals surface area contributed by atoms with E-state index in [1.54, 1.807) is 36.8 Å². The van der Waals surface area contributed by atoms with Crippen molar-refractivity contribution in [2.75, 3.05) is 0 Å². The summed E-state index contributed by atoms with van der Waals surface area (Å²) in [6.07, 6.45) is 36.9. The molecular weight excluding hydrogens is 468 g/mol. The summed E-state index contributed by atoms with van der Waals surface area (Å²) in [5.74, 6) is 6.06. The van der Waals surface area contributed by atoms with Gasteiger partial charge in [-0.1, -0.05) is 134 Å². The summed E-state index contributed by atoms with van der Waals surface area (Å²) in [7, 11) is 0. The fourth-order valence-electron chi connectivity index (χ4n) is 8.90. The molecule has 4 rings (SSSR count). The van der Waals surface area contributed by atoms with Crippen molar-refractivity contribution in [3.63, 3.8) is 0 Å². The van der Waals surface area contributed by atoms with Crippen LogP contribution in [0, 0.1) is 29.6 Å². The molecule has 0 aromatic heterocycles. The largest absolute Gasteiger partial charge is 0.0654 e. The van der Waals surface area contributed by atoms with E-state index in [0.29, 0.717) is 0 Å². The van der Waals surface area contributed by atoms with E-state index in [0.717, 1.165) is 35.5 Å². The molecule has 3 fully saturated rings. The van der Waals surface area contributed by atoms with Crippen LogP contribution in [0.5, 0.6) is 0 Å². The monoisotopic (exact) mass is 535 g/mol. The minimum absolute atomic E-state index is 0.835. The van der Waals surface area contributed by atoms with Crippen molar-refractivity contribution < 1.29 is 0 Å². The molecule has 1 aromatic carbocycles. The van der Waals surface area contributed by atoms with Crippen LogP contribution in [0.3, 0.4) is 0 Å². The lowest BCUT2D eigenvalue weighted by Crippen LogP contribution is -2.26. The van der Waals surface area contributed by atoms with Crippen molar-refractivity contribution in [2.45, 2.75) is 180 Å². The van der Waals surface area contributed by atoms with Gasteiger partial charge < -0.3 is 0 Å². The van der Waals surface area contributed by atoms with Gasteiger partial charge in [0.2, 0.25) is 0 Å². The van der Waals surface area contributed by atoms with E-state index in [-0.39, 0.29) is 0 Å². The zero-order valence-corrected chi connectivity index (χ0v) is 26.5. The maximum absolute atomic E-state index is 2.50. The van der Waals surface area contributed by atoms with Gasteiger partial charge in [0.1, 0.15) is 0 Å². The Labute approximate surface area is 244 Å². The van der Waals surface area contributed by atoms with Crippen LogP contribution < -0.4 is 0 Å². The first-order valence-electron chi connectivity index (χ1n) is 18.3. The molecule has 3 aliphatic carbocycles. The minimum Gasteiger partial charge on any atom is -0.0654 e. The summed E-state index contributed by atoms with van der Waals surface area (Å²) >= 11 is 0. The predicted octanol–water partition coefficient (Wildman–Crippen LogP) is 12.8. The predicted molar refractivity (Wildman–Crippen MR) is 172 cm³/mol. The van der Waals surface area contributed by atoms with Crippen LogP contribution >= 0.6 is 0 Å². The van der Waals surface area contributed by atoms with E-state index >= 15 is 0 Å². The van der Waals surface area contributed by atoms with Gasteiger partial charge in [-0.2, -0.15) is 0 Å². The zero-order chi connectivity index (χ0) is 27.1. The van der Waals surface area contributed by atoms with E-state index in [4.69, 9.17) is 0 Å². The number of aryl methyl sites for hydroxylation is 1. The Hall–Kier alpha value is -0.780. The van der Waals surface area contributed by atoms with Crippen LogP contribution in [-0.4, -0.2) is 0 Å². The van der Waals surface area contributed by atoms with Gasteiger partial charge in [-0.3, -0.25) is 0 Å². The molecule has 0 aliphatic heterocycles. The lowest BCUT2D eigenvalue weighted by Gasteiger charge is -2.38. The molecular formula is C39H66. The van der Waals surface area contributed by atoms with Crippen molar-refractivity contribution in [1.29, 1.82) is 0 Å². The molecule has 0 bridgehead atoms. The fourth-order valence-corrected chi connectivity index (χ4v) is 8.90. The first kappa shape index (κ1) is 31.2. The standard InChI is InChI=1S/C39H66/c1-3-5-7-9-11-13-33-18-26-37(27-19-33)39-30-22-35(23-31-39)15-14-34-20-28-38(29-21-34)36-24-16-32(17-25-36)12-10-8-6-4-2/h20-21,28-29,32-33,35-37,39H,3-19,22-27,30-31H2,1-2H3/t32-,33-,35-,36-,37-,39-. The Bertz CT molecular complexity index is 722. The van der Waals surface area contributed by atoms with Gasteiger partial charge in [0.15, 0.2) is 0 Å². The van der Waals surface area contributed by atoms with Crippen LogP contribution in [0.25, 0.3) is 0 Å². The van der Waals surface area contributed by atoms with E-state index in [1.165, 1.54) is 135 Å². The zero-order valence-electron chi connectivity index (χ0n) is 26.5. The second-order valence-electron chi connectivity index (χ2n) is 14.6. The smallest absolute Gasteiger partial charge is 0.0162 e. The van der Waals surface area contributed by atoms with Gasteiger partial charge in [-0.25, -0.2) is 0 Å². The van der Waals surface area contributed by atoms with Crippen molar-refractivity contribution in [3.05, 3.63) is 35.4 Å². The molecule has 3 aliphatic rings. The molecule has 1 aromatic rings. The third-order valence-electron chi connectivity index (χ3n) is 11.8. The van der Waals surface area contributed by atoms with Gasteiger partial charge in [0.25, 0.3) is 0 Å². The molecule has 0 radical (unpaired) electrons. The summed E-state index contributed by atoms with van der Waals surface area (Å²) in [6.45, 7) is 4.65. The second kappa shape index (κ2) is 17.9. The van der Waals surface area contributed by atoms with Crippen molar-refractivity contribution in [3.8, 4) is 0 Å². The Balaban J connectivity index is 1.06. The summed E-state index contributed by atoms with van der Waals surface area (Å²) < 4.78 is 0. The highest BCUT2D eigenvalue weighted by Gasteiger charge is 2.30. The maximum Gasteiger partial charge on any atom is -0.0162 e. The maximum atomic E-state index is 2.50. The number of unbranched alkanes of at least 4 members (excludes halogenated alkanes) is 7. The summed E-state index contributed by atoms with van der Waals surface area (Å²) in [4.78, 5) is 0. The first-order chi connectivity index (χ1) is 19.2. The molecule has 0 amide bonds. The van der Waals surface area contributed by atoms with Crippen molar-refractivity contribution in [1.82, 2.24) is 0 Å². The highest BCUT2D eigenvalue weighted by Crippen LogP contribution is 2.43. The molecule has 0 heteroatoms. The number of rotatable bonds is 16. The van der Waals surface area contributed by atoms with Gasteiger partial charge in [-0.05, 0) is 111 Å². The van der Waals surface area contributed by atoms with Crippen LogP contribution in [0.1, 0.15) is 185 Å². The first-order valence-corrected chi connectivity index (χ1v) is 18.3. The average Bonchev–Trinajstić information content (AvgIpc) is 2.99. The molecule has 0 nitrogen and oxygen atoms in total. The van der Waals surface area contributed by atoms with E-state index in [2.05, 4.69) is 38.1 Å². The molecule has 222 valence electrons. The highest BCUT2D eigenvalue weighted by molar-refractivity contribution is 5.26. The van der Waals surface area contributed by atoms with Crippen LogP contribution in [0.2, 0.25) is 0 Å². The van der Waals surface area contributed by atoms with Gasteiger partial charge in [0.05, 0.1) is 0 Å². The number of benzene rings is 1. The normalized spacial score (nSPS) is 29.9. The lowest BCUT2D eigenvalue weighted by molar-refractivity contribution is 0.140. The van der Waals surface area contributed by atoms with Crippen LogP contribution in [0.15, 0.2) is 24.3 Å². The molecule has 0 N–H and O–H groups in total. The molecule has 0 atom stereocenters. The SMILES string of the molecule is CCCCCCC[C@H]1CC[C@H]([C@H]2CC[C@H](CCc3ccc([C@H]4CC[C@H](CCCCCC)CC4)cc3)CC2)CC1. The Morgan fingerprint density at radius 1 is 0.462 bits per heavy atom. The fraction of sp³-hybridized carbons (Fsp3) is 0.846. The Morgan fingerprint density at radius 3 is 1.41 bits per heavy atom. The van der Waals surface area contributed by atoms with E-state index < -0.39 is 0 Å². The van der Waals surface area contributed by atoms with Crippen molar-refractivity contribution >= 4 is 0 Å².